The molecule has 1 atom stereocenters. The third-order valence-corrected chi connectivity index (χ3v) is 2.56. The number of nitrogens with two attached hydrogens (primary N) is 1. The monoisotopic (exact) mass is 199 g/mol. The molecule has 0 aromatic heterocycles. The minimum absolute atomic E-state index is 0.332. The van der Waals surface area contributed by atoms with Crippen molar-refractivity contribution in [3.05, 3.63) is 0 Å². The minimum Gasteiger partial charge on any atom is -0.385 e. The van der Waals surface area contributed by atoms with Crippen molar-refractivity contribution in [2.24, 2.45) is 10.7 Å². The van der Waals surface area contributed by atoms with E-state index in [1.54, 1.807) is 0 Å². The highest BCUT2D eigenvalue weighted by Crippen LogP contribution is 2.19. The lowest BCUT2D eigenvalue weighted by Gasteiger charge is -2.17. The van der Waals surface area contributed by atoms with Crippen LogP contribution in [0.4, 0.5) is 0 Å². The molecule has 0 amide bonds. The van der Waals surface area contributed by atoms with Crippen molar-refractivity contribution >= 4 is 5.96 Å². The van der Waals surface area contributed by atoms with Crippen LogP contribution in [0.5, 0.6) is 0 Å². The highest BCUT2D eigenvalue weighted by Gasteiger charge is 2.32. The molecule has 1 aliphatic carbocycles. The number of hydrogen-bond donors (Lipinski definition) is 3. The van der Waals surface area contributed by atoms with E-state index in [1.165, 1.54) is 12.8 Å². The molecule has 2 rings (SSSR count). The van der Waals surface area contributed by atoms with Crippen molar-refractivity contribution in [2.75, 3.05) is 19.8 Å². The van der Waals surface area contributed by atoms with Crippen LogP contribution in [0, 0.1) is 0 Å². The van der Waals surface area contributed by atoms with Crippen LogP contribution < -0.4 is 11.1 Å². The summed E-state index contributed by atoms with van der Waals surface area (Å²) in [6, 6.07) is 0.508. The Morgan fingerprint density at radius 1 is 1.64 bits per heavy atom. The fraction of sp³-hybridized carbons (Fsp3) is 0.889. The van der Waals surface area contributed by atoms with Crippen LogP contribution in [-0.2, 0) is 4.74 Å². The quantitative estimate of drug-likeness (QED) is 0.411. The van der Waals surface area contributed by atoms with Crippen LogP contribution in [0.15, 0.2) is 4.99 Å². The van der Waals surface area contributed by atoms with Crippen molar-refractivity contribution < 1.29 is 9.84 Å². The molecule has 1 saturated carbocycles. The zero-order chi connectivity index (χ0) is 10.0. The van der Waals surface area contributed by atoms with Gasteiger partial charge in [0.25, 0.3) is 0 Å². The average molecular weight is 199 g/mol. The number of nitrogens with one attached hydrogen (secondary N) is 1. The molecule has 0 aromatic carbocycles. The second kappa shape index (κ2) is 3.74. The van der Waals surface area contributed by atoms with Gasteiger partial charge in [-0.25, -0.2) is 0 Å². The molecule has 2 fully saturated rings. The highest BCUT2D eigenvalue weighted by molar-refractivity contribution is 5.78. The zero-order valence-corrected chi connectivity index (χ0v) is 8.20. The Morgan fingerprint density at radius 2 is 2.43 bits per heavy atom. The topological polar surface area (TPSA) is 79.9 Å². The van der Waals surface area contributed by atoms with Gasteiger partial charge in [0.15, 0.2) is 5.96 Å². The first-order valence-electron chi connectivity index (χ1n) is 5.05. The number of nitrogens with zero attached hydrogens (tertiary/aromatic N) is 1. The van der Waals surface area contributed by atoms with Crippen LogP contribution in [0.2, 0.25) is 0 Å². The number of rotatable bonds is 3. The van der Waals surface area contributed by atoms with Crippen molar-refractivity contribution in [3.8, 4) is 0 Å². The fourth-order valence-corrected chi connectivity index (χ4v) is 1.44. The molecule has 4 N–H and O–H groups in total. The summed E-state index contributed by atoms with van der Waals surface area (Å²) in [5.74, 6) is 0.438. The first-order valence-corrected chi connectivity index (χ1v) is 5.05. The van der Waals surface area contributed by atoms with Gasteiger partial charge in [-0.05, 0) is 12.8 Å². The third-order valence-electron chi connectivity index (χ3n) is 2.56. The molecular formula is C9H17N3O2. The van der Waals surface area contributed by atoms with E-state index < -0.39 is 5.60 Å². The Labute approximate surface area is 83.3 Å². The maximum atomic E-state index is 9.87. The molecule has 14 heavy (non-hydrogen) atoms. The second-order valence-corrected chi connectivity index (χ2v) is 4.15. The predicted molar refractivity (Wildman–Crippen MR) is 53.0 cm³/mol. The molecule has 5 heteroatoms. The van der Waals surface area contributed by atoms with E-state index in [4.69, 9.17) is 10.5 Å². The summed E-state index contributed by atoms with van der Waals surface area (Å²) >= 11 is 0. The van der Waals surface area contributed by atoms with Gasteiger partial charge in [-0.2, -0.15) is 0 Å². The molecule has 0 spiro atoms. The van der Waals surface area contributed by atoms with Gasteiger partial charge in [0.05, 0.1) is 13.2 Å². The van der Waals surface area contributed by atoms with Gasteiger partial charge in [-0.1, -0.05) is 0 Å². The first kappa shape index (κ1) is 9.73. The molecule has 2 aliphatic rings. The summed E-state index contributed by atoms with van der Waals surface area (Å²) in [6.45, 7) is 1.31. The number of aliphatic imine (C=N–C) groups is 1. The Kier molecular flexibility index (Phi) is 2.60. The molecule has 1 unspecified atom stereocenters. The molecular weight excluding hydrogens is 182 g/mol. The summed E-state index contributed by atoms with van der Waals surface area (Å²) in [5.41, 5.74) is 4.84. The van der Waals surface area contributed by atoms with Gasteiger partial charge < -0.3 is 20.9 Å². The number of aliphatic hydroxyl groups is 1. The molecule has 0 radical (unpaired) electrons. The van der Waals surface area contributed by atoms with E-state index in [0.29, 0.717) is 38.2 Å². The Bertz CT molecular complexity index is 232. The number of ether oxygens (including phenoxy) is 1. The summed E-state index contributed by atoms with van der Waals surface area (Å²) in [5, 5.41) is 12.9. The lowest BCUT2D eigenvalue weighted by atomic mass is 10.0. The molecule has 1 heterocycles. The maximum absolute atomic E-state index is 9.87. The van der Waals surface area contributed by atoms with Crippen molar-refractivity contribution in [2.45, 2.75) is 30.9 Å². The van der Waals surface area contributed by atoms with Crippen LogP contribution >= 0.6 is 0 Å². The van der Waals surface area contributed by atoms with Crippen molar-refractivity contribution in [3.63, 3.8) is 0 Å². The summed E-state index contributed by atoms with van der Waals surface area (Å²) in [6.07, 6.45) is 2.99. The smallest absolute Gasteiger partial charge is 0.188 e. The van der Waals surface area contributed by atoms with E-state index in [1.807, 2.05) is 0 Å². The predicted octanol–water partition coefficient (Wildman–Crippen LogP) is -0.795. The third kappa shape index (κ3) is 2.59. The normalized spacial score (nSPS) is 33.4. The minimum atomic E-state index is -0.796. The van der Waals surface area contributed by atoms with Gasteiger partial charge >= 0.3 is 0 Å². The molecule has 5 nitrogen and oxygen atoms in total. The maximum Gasteiger partial charge on any atom is 0.188 e. The largest absolute Gasteiger partial charge is 0.385 e. The molecule has 0 aromatic rings. The SMILES string of the molecule is NC(=NCC1(O)CCOC1)NC1CC1. The van der Waals surface area contributed by atoms with Crippen molar-refractivity contribution in [1.82, 2.24) is 5.32 Å². The molecule has 80 valence electrons. The van der Waals surface area contributed by atoms with Crippen LogP contribution in [0.1, 0.15) is 19.3 Å². The lowest BCUT2D eigenvalue weighted by Crippen LogP contribution is -2.38. The lowest BCUT2D eigenvalue weighted by molar-refractivity contribution is 0.0349. The van der Waals surface area contributed by atoms with Crippen LogP contribution in [0.3, 0.4) is 0 Å². The first-order chi connectivity index (χ1) is 6.68. The van der Waals surface area contributed by atoms with Crippen LogP contribution in [-0.4, -0.2) is 42.5 Å². The number of guanidine groups is 1. The van der Waals surface area contributed by atoms with E-state index in [9.17, 15) is 5.11 Å². The van der Waals surface area contributed by atoms with Crippen molar-refractivity contribution in [1.29, 1.82) is 0 Å². The van der Waals surface area contributed by atoms with Crippen LogP contribution in [0.25, 0.3) is 0 Å². The van der Waals surface area contributed by atoms with Gasteiger partial charge in [0, 0.05) is 19.1 Å². The van der Waals surface area contributed by atoms with E-state index >= 15 is 0 Å². The zero-order valence-electron chi connectivity index (χ0n) is 8.20. The fourth-order valence-electron chi connectivity index (χ4n) is 1.44. The molecule has 1 saturated heterocycles. The molecule has 1 aliphatic heterocycles. The standard InChI is InChI=1S/C9H17N3O2/c10-8(12-7-1-2-7)11-5-9(13)3-4-14-6-9/h7,13H,1-6H2,(H3,10,11,12). The second-order valence-electron chi connectivity index (χ2n) is 4.15. The number of hydrogen-bond acceptors (Lipinski definition) is 3. The Hall–Kier alpha value is -0.810. The van der Waals surface area contributed by atoms with Gasteiger partial charge in [0.2, 0.25) is 0 Å². The van der Waals surface area contributed by atoms with E-state index in [-0.39, 0.29) is 0 Å². The van der Waals surface area contributed by atoms with E-state index in [0.717, 1.165) is 0 Å². The van der Waals surface area contributed by atoms with Gasteiger partial charge in [-0.3, -0.25) is 4.99 Å². The van der Waals surface area contributed by atoms with Gasteiger partial charge in [-0.15, -0.1) is 0 Å². The van der Waals surface area contributed by atoms with Gasteiger partial charge in [0.1, 0.15) is 5.60 Å². The Balaban J connectivity index is 1.78. The summed E-state index contributed by atoms with van der Waals surface area (Å²) in [4.78, 5) is 4.11. The average Bonchev–Trinajstić information content (AvgIpc) is 2.85. The Morgan fingerprint density at radius 3 is 3.00 bits per heavy atom. The highest BCUT2D eigenvalue weighted by atomic mass is 16.5. The summed E-state index contributed by atoms with van der Waals surface area (Å²) < 4.78 is 5.11. The summed E-state index contributed by atoms with van der Waals surface area (Å²) in [7, 11) is 0. The molecule has 0 bridgehead atoms. The van der Waals surface area contributed by atoms with E-state index in [2.05, 4.69) is 10.3 Å².